The normalized spacial score (nSPS) is 26.6. The molecule has 0 amide bonds. The lowest BCUT2D eigenvalue weighted by Crippen LogP contribution is -2.51. The van der Waals surface area contributed by atoms with E-state index in [1.807, 2.05) is 0 Å². The van der Waals surface area contributed by atoms with Crippen LogP contribution in [-0.2, 0) is 11.3 Å². The van der Waals surface area contributed by atoms with Gasteiger partial charge in [-0.2, -0.15) is 0 Å². The van der Waals surface area contributed by atoms with Gasteiger partial charge in [0.25, 0.3) is 0 Å². The zero-order chi connectivity index (χ0) is 13.8. The molecule has 0 radical (unpaired) electrons. The molecule has 1 N–H and O–H groups in total. The summed E-state index contributed by atoms with van der Waals surface area (Å²) in [7, 11) is 0. The molecule has 108 valence electrons. The molecule has 0 spiro atoms. The summed E-state index contributed by atoms with van der Waals surface area (Å²) in [6.07, 6.45) is 5.59. The molecule has 3 rings (SSSR count). The molecular formula is C16H21NO2S. The van der Waals surface area contributed by atoms with E-state index in [-0.39, 0.29) is 6.61 Å². The summed E-state index contributed by atoms with van der Waals surface area (Å²) in [4.78, 5) is 3.95. The van der Waals surface area contributed by atoms with Crippen molar-refractivity contribution >= 4 is 11.3 Å². The monoisotopic (exact) mass is 291 g/mol. The predicted octanol–water partition coefficient (Wildman–Crippen LogP) is 2.24. The van der Waals surface area contributed by atoms with E-state index >= 15 is 0 Å². The van der Waals surface area contributed by atoms with Crippen LogP contribution >= 0.6 is 11.3 Å². The fourth-order valence-electron chi connectivity index (χ4n) is 3.24. The average Bonchev–Trinajstić information content (AvgIpc) is 2.93. The van der Waals surface area contributed by atoms with Gasteiger partial charge in [0.1, 0.15) is 6.61 Å². The minimum Gasteiger partial charge on any atom is -0.384 e. The molecule has 2 unspecified atom stereocenters. The van der Waals surface area contributed by atoms with Crippen molar-refractivity contribution in [3.63, 3.8) is 0 Å². The average molecular weight is 291 g/mol. The lowest BCUT2D eigenvalue weighted by Gasteiger charge is -2.43. The lowest BCUT2D eigenvalue weighted by molar-refractivity contribution is -0.0908. The number of thiophene rings is 1. The van der Waals surface area contributed by atoms with Crippen molar-refractivity contribution in [3.8, 4) is 11.8 Å². The Morgan fingerprint density at radius 1 is 1.40 bits per heavy atom. The topological polar surface area (TPSA) is 32.7 Å². The molecule has 1 aliphatic heterocycles. The SMILES string of the molecule is OCC#Cc1csc(CN2CCOC3CCCCC32)c1. The maximum absolute atomic E-state index is 8.73. The van der Waals surface area contributed by atoms with Gasteiger partial charge in [0.15, 0.2) is 0 Å². The Morgan fingerprint density at radius 3 is 3.20 bits per heavy atom. The van der Waals surface area contributed by atoms with Crippen molar-refractivity contribution in [2.24, 2.45) is 0 Å². The molecule has 2 aliphatic rings. The molecule has 2 atom stereocenters. The standard InChI is InChI=1S/C16H21NO2S/c18-8-3-4-13-10-14(20-12-13)11-17-7-9-19-16-6-2-1-5-15(16)17/h10,12,15-16,18H,1-2,5-9,11H2. The second-order valence-electron chi connectivity index (χ2n) is 5.49. The first-order chi connectivity index (χ1) is 9.86. The summed E-state index contributed by atoms with van der Waals surface area (Å²) < 4.78 is 5.92. The van der Waals surface area contributed by atoms with E-state index in [4.69, 9.17) is 9.84 Å². The third-order valence-corrected chi connectivity index (χ3v) is 5.09. The van der Waals surface area contributed by atoms with E-state index in [2.05, 4.69) is 28.2 Å². The van der Waals surface area contributed by atoms with Crippen molar-refractivity contribution in [2.75, 3.05) is 19.8 Å². The minimum absolute atomic E-state index is 0.0710. The Morgan fingerprint density at radius 2 is 2.30 bits per heavy atom. The van der Waals surface area contributed by atoms with Gasteiger partial charge in [-0.15, -0.1) is 11.3 Å². The van der Waals surface area contributed by atoms with Gasteiger partial charge in [0, 0.05) is 35.0 Å². The van der Waals surface area contributed by atoms with E-state index in [0.717, 1.165) is 25.3 Å². The molecule has 2 heterocycles. The van der Waals surface area contributed by atoms with Crippen molar-refractivity contribution in [1.29, 1.82) is 0 Å². The second kappa shape index (κ2) is 6.73. The van der Waals surface area contributed by atoms with Gasteiger partial charge in [-0.3, -0.25) is 4.90 Å². The number of fused-ring (bicyclic) bond motifs is 1. The zero-order valence-electron chi connectivity index (χ0n) is 11.7. The summed E-state index contributed by atoms with van der Waals surface area (Å²) in [5.41, 5.74) is 1.02. The minimum atomic E-state index is -0.0710. The Hall–Kier alpha value is -0.860. The Balaban J connectivity index is 1.65. The summed E-state index contributed by atoms with van der Waals surface area (Å²) >= 11 is 1.77. The first-order valence-corrected chi connectivity index (χ1v) is 8.27. The fourth-order valence-corrected chi connectivity index (χ4v) is 4.08. The molecule has 3 nitrogen and oxygen atoms in total. The van der Waals surface area contributed by atoms with Crippen molar-refractivity contribution in [3.05, 3.63) is 21.9 Å². The smallest absolute Gasteiger partial charge is 0.104 e. The van der Waals surface area contributed by atoms with E-state index in [9.17, 15) is 0 Å². The Kier molecular flexibility index (Phi) is 4.74. The van der Waals surface area contributed by atoms with Crippen LogP contribution in [-0.4, -0.2) is 41.9 Å². The van der Waals surface area contributed by atoms with Crippen LogP contribution in [0.4, 0.5) is 0 Å². The zero-order valence-corrected chi connectivity index (χ0v) is 12.5. The maximum Gasteiger partial charge on any atom is 0.104 e. The lowest BCUT2D eigenvalue weighted by atomic mass is 9.90. The van der Waals surface area contributed by atoms with Crippen LogP contribution in [0.2, 0.25) is 0 Å². The number of rotatable bonds is 2. The highest BCUT2D eigenvalue weighted by Crippen LogP contribution is 2.30. The van der Waals surface area contributed by atoms with E-state index in [1.165, 1.54) is 30.6 Å². The van der Waals surface area contributed by atoms with Crippen molar-refractivity contribution < 1.29 is 9.84 Å². The molecule has 1 aromatic heterocycles. The van der Waals surface area contributed by atoms with E-state index in [0.29, 0.717) is 12.1 Å². The molecule has 2 fully saturated rings. The summed E-state index contributed by atoms with van der Waals surface area (Å²) in [6, 6.07) is 2.76. The summed E-state index contributed by atoms with van der Waals surface area (Å²) in [6.45, 7) is 2.84. The molecule has 1 saturated carbocycles. The van der Waals surface area contributed by atoms with Gasteiger partial charge in [-0.1, -0.05) is 24.7 Å². The van der Waals surface area contributed by atoms with Gasteiger partial charge in [0.2, 0.25) is 0 Å². The molecular weight excluding hydrogens is 270 g/mol. The van der Waals surface area contributed by atoms with Gasteiger partial charge in [0.05, 0.1) is 12.7 Å². The van der Waals surface area contributed by atoms with Crippen molar-refractivity contribution in [2.45, 2.75) is 44.4 Å². The molecule has 1 saturated heterocycles. The molecule has 0 bridgehead atoms. The number of morpholine rings is 1. The van der Waals surface area contributed by atoms with Gasteiger partial charge >= 0.3 is 0 Å². The highest BCUT2D eigenvalue weighted by Gasteiger charge is 2.34. The molecule has 0 aromatic carbocycles. The van der Waals surface area contributed by atoms with Crippen LogP contribution in [0.1, 0.15) is 36.1 Å². The number of hydrogen-bond donors (Lipinski definition) is 1. The van der Waals surface area contributed by atoms with Gasteiger partial charge < -0.3 is 9.84 Å². The number of nitrogens with zero attached hydrogens (tertiary/aromatic N) is 1. The van der Waals surface area contributed by atoms with Crippen LogP contribution in [0, 0.1) is 11.8 Å². The Bertz CT molecular complexity index is 500. The number of ether oxygens (including phenoxy) is 1. The molecule has 1 aromatic rings. The first kappa shape index (κ1) is 14.1. The van der Waals surface area contributed by atoms with E-state index < -0.39 is 0 Å². The first-order valence-electron chi connectivity index (χ1n) is 7.39. The van der Waals surface area contributed by atoms with Crippen molar-refractivity contribution in [1.82, 2.24) is 4.90 Å². The largest absolute Gasteiger partial charge is 0.384 e. The van der Waals surface area contributed by atoms with Gasteiger partial charge in [-0.05, 0) is 18.9 Å². The number of aliphatic hydroxyl groups excluding tert-OH is 1. The molecule has 20 heavy (non-hydrogen) atoms. The van der Waals surface area contributed by atoms with Crippen LogP contribution in [0.3, 0.4) is 0 Å². The van der Waals surface area contributed by atoms with Crippen LogP contribution in [0.5, 0.6) is 0 Å². The fraction of sp³-hybridized carbons (Fsp3) is 0.625. The highest BCUT2D eigenvalue weighted by molar-refractivity contribution is 7.10. The van der Waals surface area contributed by atoms with E-state index in [1.54, 1.807) is 11.3 Å². The van der Waals surface area contributed by atoms with Crippen LogP contribution in [0.15, 0.2) is 11.4 Å². The number of hydrogen-bond acceptors (Lipinski definition) is 4. The molecule has 4 heteroatoms. The quantitative estimate of drug-likeness (QED) is 0.848. The maximum atomic E-state index is 8.73. The van der Waals surface area contributed by atoms with Crippen LogP contribution in [0.25, 0.3) is 0 Å². The van der Waals surface area contributed by atoms with Gasteiger partial charge in [-0.25, -0.2) is 0 Å². The predicted molar refractivity (Wildman–Crippen MR) is 80.7 cm³/mol. The molecule has 1 aliphatic carbocycles. The number of aliphatic hydroxyl groups is 1. The summed E-state index contributed by atoms with van der Waals surface area (Å²) in [5.74, 6) is 5.68. The summed E-state index contributed by atoms with van der Waals surface area (Å²) in [5, 5.41) is 10.8. The third kappa shape index (κ3) is 3.24. The Labute approximate surface area is 124 Å². The van der Waals surface area contributed by atoms with Crippen LogP contribution < -0.4 is 0 Å². The third-order valence-electron chi connectivity index (χ3n) is 4.17. The second-order valence-corrected chi connectivity index (χ2v) is 6.49. The highest BCUT2D eigenvalue weighted by atomic mass is 32.1.